The lowest BCUT2D eigenvalue weighted by atomic mass is 9.80. The van der Waals surface area contributed by atoms with Gasteiger partial charge in [-0.2, -0.15) is 0 Å². The van der Waals surface area contributed by atoms with Gasteiger partial charge in [0, 0.05) is 0 Å². The van der Waals surface area contributed by atoms with Crippen LogP contribution in [0.1, 0.15) is 40.0 Å². The predicted octanol–water partition coefficient (Wildman–Crippen LogP) is 4.80. The maximum Gasteiger partial charge on any atom is 0.0812 e. The van der Waals surface area contributed by atoms with Crippen LogP contribution in [0, 0.1) is 5.92 Å². The van der Waals surface area contributed by atoms with Gasteiger partial charge in [-0.3, -0.25) is 0 Å². The highest BCUT2D eigenvalue weighted by atomic mass is 32.1. The topological polar surface area (TPSA) is 33.1 Å². The number of benzene rings is 1. The lowest BCUT2D eigenvalue weighted by Gasteiger charge is -2.31. The fourth-order valence-corrected chi connectivity index (χ4v) is 3.09. The summed E-state index contributed by atoms with van der Waals surface area (Å²) in [5.74, 6) is 0.464. The lowest BCUT2D eigenvalue weighted by molar-refractivity contribution is 0.0126. The molecule has 2 nitrogen and oxygen atoms in total. The first-order valence-corrected chi connectivity index (χ1v) is 8.01. The molecule has 3 rings (SSSR count). The predicted molar refractivity (Wildman–Crippen MR) is 87.0 cm³/mol. The zero-order valence-corrected chi connectivity index (χ0v) is 13.3. The second-order valence-electron chi connectivity index (χ2n) is 6.00. The first-order chi connectivity index (χ1) is 9.47. The average molecular weight is 289 g/mol. The van der Waals surface area contributed by atoms with Crippen LogP contribution in [-0.2, 0) is 0 Å². The van der Waals surface area contributed by atoms with Crippen LogP contribution in [0.2, 0.25) is 0 Å². The quantitative estimate of drug-likeness (QED) is 0.765. The smallest absolute Gasteiger partial charge is 0.0812 e. The van der Waals surface area contributed by atoms with Gasteiger partial charge in [-0.1, -0.05) is 23.8 Å². The standard InChI is InChI=1S/C10H18O.C7H5NS/c1-8-4-6-9(7-5-8)10(2,3)11;1-2-4-7-6(3-1)8-5-9-7/h4,9,11H,5-7H2,1-3H3;1-5H. The number of para-hydroxylation sites is 1. The largest absolute Gasteiger partial charge is 0.390 e. The monoisotopic (exact) mass is 289 g/mol. The van der Waals surface area contributed by atoms with Crippen LogP contribution in [-0.4, -0.2) is 15.7 Å². The second-order valence-corrected chi connectivity index (χ2v) is 6.88. The van der Waals surface area contributed by atoms with Gasteiger partial charge >= 0.3 is 0 Å². The van der Waals surface area contributed by atoms with Crippen LogP contribution in [0.3, 0.4) is 0 Å². The van der Waals surface area contributed by atoms with E-state index in [0.29, 0.717) is 5.92 Å². The van der Waals surface area contributed by atoms with Crippen LogP contribution >= 0.6 is 11.3 Å². The fourth-order valence-electron chi connectivity index (χ4n) is 2.41. The number of hydrogen-bond donors (Lipinski definition) is 1. The Morgan fingerprint density at radius 2 is 2.05 bits per heavy atom. The summed E-state index contributed by atoms with van der Waals surface area (Å²) in [6.07, 6.45) is 5.61. The van der Waals surface area contributed by atoms with Crippen LogP contribution in [0.4, 0.5) is 0 Å². The van der Waals surface area contributed by atoms with Crippen LogP contribution in [0.25, 0.3) is 10.2 Å². The highest BCUT2D eigenvalue weighted by Gasteiger charge is 2.27. The third-order valence-corrected chi connectivity index (χ3v) is 4.68. The van der Waals surface area contributed by atoms with Crippen LogP contribution < -0.4 is 0 Å². The van der Waals surface area contributed by atoms with E-state index in [4.69, 9.17) is 0 Å². The molecule has 0 saturated carbocycles. The van der Waals surface area contributed by atoms with Gasteiger partial charge in [0.05, 0.1) is 21.3 Å². The van der Waals surface area contributed by atoms with Gasteiger partial charge in [-0.25, -0.2) is 4.98 Å². The van der Waals surface area contributed by atoms with Gasteiger partial charge in [-0.05, 0) is 58.1 Å². The maximum absolute atomic E-state index is 9.70. The van der Waals surface area contributed by atoms with E-state index in [1.807, 2.05) is 37.6 Å². The van der Waals surface area contributed by atoms with E-state index in [1.54, 1.807) is 11.3 Å². The molecule has 1 atom stereocenters. The van der Waals surface area contributed by atoms with Crippen molar-refractivity contribution in [3.63, 3.8) is 0 Å². The molecular weight excluding hydrogens is 266 g/mol. The molecule has 108 valence electrons. The molecule has 1 heterocycles. The van der Waals surface area contributed by atoms with Crippen molar-refractivity contribution in [2.75, 3.05) is 0 Å². The van der Waals surface area contributed by atoms with Crippen molar-refractivity contribution in [2.24, 2.45) is 5.92 Å². The van der Waals surface area contributed by atoms with Crippen molar-refractivity contribution >= 4 is 21.6 Å². The molecule has 20 heavy (non-hydrogen) atoms. The molecule has 0 fully saturated rings. The number of rotatable bonds is 1. The molecule has 0 bridgehead atoms. The number of allylic oxidation sites excluding steroid dienone is 2. The molecule has 1 aliphatic rings. The number of thiazole rings is 1. The molecule has 1 aliphatic carbocycles. The molecule has 1 N–H and O–H groups in total. The van der Waals surface area contributed by atoms with Crippen molar-refractivity contribution in [1.29, 1.82) is 0 Å². The van der Waals surface area contributed by atoms with E-state index >= 15 is 0 Å². The first kappa shape index (κ1) is 15.2. The third kappa shape index (κ3) is 4.15. The van der Waals surface area contributed by atoms with Gasteiger partial charge < -0.3 is 5.11 Å². The Hall–Kier alpha value is -1.19. The van der Waals surface area contributed by atoms with E-state index in [0.717, 1.165) is 24.8 Å². The fraction of sp³-hybridized carbons (Fsp3) is 0.471. The van der Waals surface area contributed by atoms with E-state index in [9.17, 15) is 5.11 Å². The van der Waals surface area contributed by atoms with E-state index in [2.05, 4.69) is 24.1 Å². The van der Waals surface area contributed by atoms with E-state index in [1.165, 1.54) is 10.3 Å². The number of aromatic nitrogens is 1. The van der Waals surface area contributed by atoms with E-state index < -0.39 is 5.60 Å². The Balaban J connectivity index is 0.000000149. The Bertz CT molecular complexity index is 550. The Morgan fingerprint density at radius 3 is 2.65 bits per heavy atom. The molecule has 0 spiro atoms. The van der Waals surface area contributed by atoms with Crippen molar-refractivity contribution in [3.8, 4) is 0 Å². The number of aliphatic hydroxyl groups is 1. The highest BCUT2D eigenvalue weighted by molar-refractivity contribution is 7.16. The lowest BCUT2D eigenvalue weighted by Crippen LogP contribution is -2.31. The molecule has 1 unspecified atom stereocenters. The Morgan fingerprint density at radius 1 is 1.30 bits per heavy atom. The molecule has 0 aliphatic heterocycles. The molecule has 0 amide bonds. The molecule has 2 aromatic rings. The van der Waals surface area contributed by atoms with Gasteiger partial charge in [0.15, 0.2) is 0 Å². The van der Waals surface area contributed by atoms with Gasteiger partial charge in [0.25, 0.3) is 0 Å². The zero-order valence-electron chi connectivity index (χ0n) is 12.5. The number of fused-ring (bicyclic) bond motifs is 1. The van der Waals surface area contributed by atoms with Gasteiger partial charge in [0.1, 0.15) is 0 Å². The molecule has 0 saturated heterocycles. The number of nitrogens with zero attached hydrogens (tertiary/aromatic N) is 1. The van der Waals surface area contributed by atoms with Crippen molar-refractivity contribution in [2.45, 2.75) is 45.6 Å². The summed E-state index contributed by atoms with van der Waals surface area (Å²) in [7, 11) is 0. The number of hydrogen-bond acceptors (Lipinski definition) is 3. The van der Waals surface area contributed by atoms with Crippen molar-refractivity contribution in [1.82, 2.24) is 4.98 Å². The average Bonchev–Trinajstić information content (AvgIpc) is 2.87. The van der Waals surface area contributed by atoms with E-state index in [-0.39, 0.29) is 0 Å². The normalized spacial score (nSPS) is 19.2. The summed E-state index contributed by atoms with van der Waals surface area (Å²) in [5.41, 5.74) is 3.95. The Kier molecular flexibility index (Phi) is 4.95. The molecule has 0 radical (unpaired) electrons. The Labute approximate surface area is 125 Å². The SMILES string of the molecule is CC1=CCC(C(C)(C)O)CC1.c1ccc2scnc2c1. The summed E-state index contributed by atoms with van der Waals surface area (Å²) in [5, 5.41) is 9.70. The van der Waals surface area contributed by atoms with Gasteiger partial charge in [0.2, 0.25) is 0 Å². The van der Waals surface area contributed by atoms with Crippen LogP contribution in [0.15, 0.2) is 41.4 Å². The van der Waals surface area contributed by atoms with Gasteiger partial charge in [-0.15, -0.1) is 11.3 Å². The minimum Gasteiger partial charge on any atom is -0.390 e. The maximum atomic E-state index is 9.70. The molecule has 3 heteroatoms. The molecule has 1 aromatic carbocycles. The third-order valence-electron chi connectivity index (χ3n) is 3.87. The zero-order chi connectivity index (χ0) is 14.6. The summed E-state index contributed by atoms with van der Waals surface area (Å²) >= 11 is 1.68. The minimum atomic E-state index is -0.489. The first-order valence-electron chi connectivity index (χ1n) is 7.13. The van der Waals surface area contributed by atoms with Crippen molar-refractivity contribution in [3.05, 3.63) is 41.4 Å². The molecule has 1 aromatic heterocycles. The summed E-state index contributed by atoms with van der Waals surface area (Å²) in [4.78, 5) is 4.14. The highest BCUT2D eigenvalue weighted by Crippen LogP contribution is 2.31. The minimum absolute atomic E-state index is 0.464. The van der Waals surface area contributed by atoms with Crippen molar-refractivity contribution < 1.29 is 5.11 Å². The van der Waals surface area contributed by atoms with Crippen LogP contribution in [0.5, 0.6) is 0 Å². The summed E-state index contributed by atoms with van der Waals surface area (Å²) < 4.78 is 1.26. The summed E-state index contributed by atoms with van der Waals surface area (Å²) in [6, 6.07) is 8.13. The molecular formula is C17H23NOS. The summed E-state index contributed by atoms with van der Waals surface area (Å²) in [6.45, 7) is 5.99. The second kappa shape index (κ2) is 6.51.